The van der Waals surface area contributed by atoms with Crippen LogP contribution in [-0.4, -0.2) is 16.7 Å². The highest BCUT2D eigenvalue weighted by molar-refractivity contribution is 5.98. The first-order valence-electron chi connectivity index (χ1n) is 10.3. The largest absolute Gasteiger partial charge is 0.467 e. The third kappa shape index (κ3) is 4.79. The van der Waals surface area contributed by atoms with Gasteiger partial charge in [0.15, 0.2) is 0 Å². The summed E-state index contributed by atoms with van der Waals surface area (Å²) in [5.74, 6) is 1.17. The third-order valence-corrected chi connectivity index (χ3v) is 5.49. The lowest BCUT2D eigenvalue weighted by atomic mass is 10.1. The SMILES string of the molecule is Cc1cccc(CN(Cc2ccco2)C(=O)c2cccc(NC(=O)[C@@H]3C[C@@H]3C)c2)c1. The van der Waals surface area contributed by atoms with Crippen molar-refractivity contribution in [2.24, 2.45) is 11.8 Å². The van der Waals surface area contributed by atoms with Gasteiger partial charge in [0.25, 0.3) is 5.91 Å². The van der Waals surface area contributed by atoms with Crippen LogP contribution >= 0.6 is 0 Å². The molecule has 0 unspecified atom stereocenters. The maximum Gasteiger partial charge on any atom is 0.254 e. The average Bonchev–Trinajstić information content (AvgIpc) is 3.24. The van der Waals surface area contributed by atoms with E-state index in [0.717, 1.165) is 23.3 Å². The molecule has 3 aromatic rings. The lowest BCUT2D eigenvalue weighted by Gasteiger charge is -2.22. The van der Waals surface area contributed by atoms with Crippen molar-refractivity contribution >= 4 is 17.5 Å². The standard InChI is InChI=1S/C25H26N2O3/c1-17-6-3-7-19(12-17)15-27(16-22-10-5-11-30-22)25(29)20-8-4-9-21(14-20)26-24(28)23-13-18(23)2/h3-12,14,18,23H,13,15-16H2,1-2H3,(H,26,28)/t18-,23+/m0/s1. The second kappa shape index (κ2) is 8.57. The number of hydrogen-bond acceptors (Lipinski definition) is 3. The number of nitrogens with one attached hydrogen (secondary N) is 1. The Labute approximate surface area is 176 Å². The van der Waals surface area contributed by atoms with Crippen molar-refractivity contribution in [1.29, 1.82) is 0 Å². The summed E-state index contributed by atoms with van der Waals surface area (Å²) < 4.78 is 5.48. The van der Waals surface area contributed by atoms with Gasteiger partial charge in [-0.3, -0.25) is 9.59 Å². The number of aryl methyl sites for hydroxylation is 1. The molecule has 2 amide bonds. The van der Waals surface area contributed by atoms with Crippen molar-refractivity contribution in [1.82, 2.24) is 4.90 Å². The molecule has 0 spiro atoms. The normalized spacial score (nSPS) is 17.4. The van der Waals surface area contributed by atoms with Crippen molar-refractivity contribution < 1.29 is 14.0 Å². The smallest absolute Gasteiger partial charge is 0.254 e. The van der Waals surface area contributed by atoms with Crippen LogP contribution in [0, 0.1) is 18.8 Å². The summed E-state index contributed by atoms with van der Waals surface area (Å²) >= 11 is 0. The van der Waals surface area contributed by atoms with Crippen LogP contribution in [0.4, 0.5) is 5.69 Å². The van der Waals surface area contributed by atoms with E-state index in [9.17, 15) is 9.59 Å². The first-order valence-corrected chi connectivity index (χ1v) is 10.3. The second-order valence-electron chi connectivity index (χ2n) is 8.12. The Morgan fingerprint density at radius 2 is 1.87 bits per heavy atom. The quantitative estimate of drug-likeness (QED) is 0.603. The van der Waals surface area contributed by atoms with Gasteiger partial charge < -0.3 is 14.6 Å². The van der Waals surface area contributed by atoms with Crippen LogP contribution in [0.3, 0.4) is 0 Å². The first kappa shape index (κ1) is 20.0. The molecule has 2 aromatic carbocycles. The van der Waals surface area contributed by atoms with Crippen LogP contribution in [-0.2, 0) is 17.9 Å². The molecule has 0 bridgehead atoms. The van der Waals surface area contributed by atoms with Crippen molar-refractivity contribution in [3.05, 3.63) is 89.4 Å². The summed E-state index contributed by atoms with van der Waals surface area (Å²) in [6, 6.07) is 19.0. The number of hydrogen-bond donors (Lipinski definition) is 1. The van der Waals surface area contributed by atoms with E-state index < -0.39 is 0 Å². The predicted octanol–water partition coefficient (Wildman–Crippen LogP) is 5.03. The van der Waals surface area contributed by atoms with Gasteiger partial charge in [0.05, 0.1) is 12.8 Å². The highest BCUT2D eigenvalue weighted by Crippen LogP contribution is 2.38. The highest BCUT2D eigenvalue weighted by atomic mass is 16.3. The van der Waals surface area contributed by atoms with E-state index in [1.54, 1.807) is 29.4 Å². The van der Waals surface area contributed by atoms with E-state index in [4.69, 9.17) is 4.42 Å². The van der Waals surface area contributed by atoms with Gasteiger partial charge >= 0.3 is 0 Å². The molecule has 4 rings (SSSR count). The van der Waals surface area contributed by atoms with Crippen molar-refractivity contribution in [2.75, 3.05) is 5.32 Å². The predicted molar refractivity (Wildman–Crippen MR) is 116 cm³/mol. The minimum absolute atomic E-state index is 0.0271. The Hall–Kier alpha value is -3.34. The van der Waals surface area contributed by atoms with Gasteiger partial charge in [0.1, 0.15) is 5.76 Å². The van der Waals surface area contributed by atoms with Crippen LogP contribution in [0.2, 0.25) is 0 Å². The van der Waals surface area contributed by atoms with Gasteiger partial charge in [0, 0.05) is 23.7 Å². The topological polar surface area (TPSA) is 62.6 Å². The van der Waals surface area contributed by atoms with Crippen molar-refractivity contribution in [2.45, 2.75) is 33.4 Å². The zero-order valence-corrected chi connectivity index (χ0v) is 17.3. The van der Waals surface area contributed by atoms with E-state index in [1.165, 1.54) is 0 Å². The fraction of sp³-hybridized carbons (Fsp3) is 0.280. The number of furan rings is 1. The zero-order valence-electron chi connectivity index (χ0n) is 17.3. The van der Waals surface area contributed by atoms with E-state index >= 15 is 0 Å². The maximum atomic E-state index is 13.4. The van der Waals surface area contributed by atoms with Crippen LogP contribution in [0.25, 0.3) is 0 Å². The van der Waals surface area contributed by atoms with Crippen molar-refractivity contribution in [3.8, 4) is 0 Å². The average molecular weight is 402 g/mol. The minimum Gasteiger partial charge on any atom is -0.467 e. The molecule has 1 N–H and O–H groups in total. The van der Waals surface area contributed by atoms with Crippen LogP contribution in [0.15, 0.2) is 71.3 Å². The molecule has 0 radical (unpaired) electrons. The molecule has 30 heavy (non-hydrogen) atoms. The summed E-state index contributed by atoms with van der Waals surface area (Å²) in [6.45, 7) is 4.95. The van der Waals surface area contributed by atoms with E-state index in [0.29, 0.717) is 30.3 Å². The van der Waals surface area contributed by atoms with Crippen LogP contribution in [0.5, 0.6) is 0 Å². The van der Waals surface area contributed by atoms with E-state index in [1.807, 2.05) is 43.3 Å². The minimum atomic E-state index is -0.108. The summed E-state index contributed by atoms with van der Waals surface area (Å²) in [5, 5.41) is 2.94. The van der Waals surface area contributed by atoms with Crippen LogP contribution in [0.1, 0.15) is 40.6 Å². The number of carbonyl (C=O) groups excluding carboxylic acids is 2. The van der Waals surface area contributed by atoms with Gasteiger partial charge in [-0.2, -0.15) is 0 Å². The van der Waals surface area contributed by atoms with Gasteiger partial charge in [-0.15, -0.1) is 0 Å². The fourth-order valence-corrected chi connectivity index (χ4v) is 3.66. The molecule has 0 saturated heterocycles. The molecule has 1 aromatic heterocycles. The molecule has 1 aliphatic rings. The van der Waals surface area contributed by atoms with Crippen molar-refractivity contribution in [3.63, 3.8) is 0 Å². The number of benzene rings is 2. The molecule has 1 aliphatic carbocycles. The number of anilines is 1. The number of amides is 2. The van der Waals surface area contributed by atoms with Gasteiger partial charge in [0.2, 0.25) is 5.91 Å². The second-order valence-corrected chi connectivity index (χ2v) is 8.12. The molecular formula is C25H26N2O3. The van der Waals surface area contributed by atoms with Gasteiger partial charge in [-0.05, 0) is 55.2 Å². The number of carbonyl (C=O) groups is 2. The highest BCUT2D eigenvalue weighted by Gasteiger charge is 2.39. The third-order valence-electron chi connectivity index (χ3n) is 5.49. The lowest BCUT2D eigenvalue weighted by Crippen LogP contribution is -2.30. The van der Waals surface area contributed by atoms with Gasteiger partial charge in [-0.1, -0.05) is 42.8 Å². The number of nitrogens with zero attached hydrogens (tertiary/aromatic N) is 1. The summed E-state index contributed by atoms with van der Waals surface area (Å²) in [5.41, 5.74) is 3.40. The molecule has 1 saturated carbocycles. The fourth-order valence-electron chi connectivity index (χ4n) is 3.66. The molecule has 2 atom stereocenters. The van der Waals surface area contributed by atoms with E-state index in [2.05, 4.69) is 18.3 Å². The molecule has 154 valence electrons. The van der Waals surface area contributed by atoms with Crippen LogP contribution < -0.4 is 5.32 Å². The molecule has 5 nitrogen and oxygen atoms in total. The van der Waals surface area contributed by atoms with E-state index in [-0.39, 0.29) is 17.7 Å². The van der Waals surface area contributed by atoms with Gasteiger partial charge in [-0.25, -0.2) is 0 Å². The molecule has 1 fully saturated rings. The molecule has 0 aliphatic heterocycles. The Morgan fingerprint density at radius 3 is 2.57 bits per heavy atom. The first-order chi connectivity index (χ1) is 14.5. The zero-order chi connectivity index (χ0) is 21.1. The number of rotatable bonds is 7. The summed E-state index contributed by atoms with van der Waals surface area (Å²) in [4.78, 5) is 27.4. The molecule has 5 heteroatoms. The Kier molecular flexibility index (Phi) is 5.70. The Balaban J connectivity index is 1.54. The lowest BCUT2D eigenvalue weighted by molar-refractivity contribution is -0.117. The summed E-state index contributed by atoms with van der Waals surface area (Å²) in [6.07, 6.45) is 2.54. The molecule has 1 heterocycles. The maximum absolute atomic E-state index is 13.4. The Bertz CT molecular complexity index is 1040. The Morgan fingerprint density at radius 1 is 1.07 bits per heavy atom. The monoisotopic (exact) mass is 402 g/mol. The summed E-state index contributed by atoms with van der Waals surface area (Å²) in [7, 11) is 0. The molecular weight excluding hydrogens is 376 g/mol.